The Morgan fingerprint density at radius 3 is 2.15 bits per heavy atom. The molecule has 1 aromatic carbocycles. The molecule has 26 heavy (non-hydrogen) atoms. The number of alkyl carbamates (subject to hydrolysis) is 1. The van der Waals surface area contributed by atoms with Gasteiger partial charge in [0.15, 0.2) is 0 Å². The first-order chi connectivity index (χ1) is 12.1. The highest BCUT2D eigenvalue weighted by molar-refractivity contribution is 6.21. The number of imide groups is 1. The fourth-order valence-corrected chi connectivity index (χ4v) is 2.60. The van der Waals surface area contributed by atoms with Crippen LogP contribution < -0.4 is 5.32 Å². The average Bonchev–Trinajstić information content (AvgIpc) is 2.77. The summed E-state index contributed by atoms with van der Waals surface area (Å²) in [5.41, 5.74) is -0.0499. The number of rotatable bonds is 6. The van der Waals surface area contributed by atoms with Crippen molar-refractivity contribution in [3.8, 4) is 0 Å². The van der Waals surface area contributed by atoms with Crippen molar-refractivity contribution in [2.75, 3.05) is 6.54 Å². The summed E-state index contributed by atoms with van der Waals surface area (Å²) in [6.45, 7) is 5.09. The number of carbonyl (C=O) groups is 4. The van der Waals surface area contributed by atoms with Gasteiger partial charge < -0.3 is 15.2 Å². The summed E-state index contributed by atoms with van der Waals surface area (Å²) in [5, 5.41) is 11.5. The summed E-state index contributed by atoms with van der Waals surface area (Å²) in [4.78, 5) is 48.6. The number of nitrogens with zero attached hydrogens (tertiary/aromatic N) is 1. The van der Waals surface area contributed by atoms with E-state index in [-0.39, 0.29) is 19.4 Å². The van der Waals surface area contributed by atoms with Crippen LogP contribution in [0.4, 0.5) is 4.79 Å². The number of benzene rings is 1. The summed E-state index contributed by atoms with van der Waals surface area (Å²) in [6, 6.07) is 5.36. The van der Waals surface area contributed by atoms with E-state index >= 15 is 0 Å². The van der Waals surface area contributed by atoms with Crippen LogP contribution in [0.5, 0.6) is 0 Å². The number of hydrogen-bond acceptors (Lipinski definition) is 5. The molecule has 2 N–H and O–H groups in total. The van der Waals surface area contributed by atoms with E-state index in [9.17, 15) is 24.3 Å². The highest BCUT2D eigenvalue weighted by Gasteiger charge is 2.35. The lowest BCUT2D eigenvalue weighted by Gasteiger charge is -2.22. The normalized spacial score (nSPS) is 14.8. The average molecular weight is 362 g/mol. The molecule has 0 bridgehead atoms. The molecule has 1 aliphatic rings. The second kappa shape index (κ2) is 7.55. The fraction of sp³-hybridized carbons (Fsp3) is 0.444. The third-order valence-corrected chi connectivity index (χ3v) is 3.74. The van der Waals surface area contributed by atoms with E-state index in [1.165, 1.54) is 0 Å². The number of ether oxygens (including phenoxy) is 1. The van der Waals surface area contributed by atoms with Crippen molar-refractivity contribution in [2.45, 2.75) is 45.3 Å². The molecule has 0 fully saturated rings. The maximum absolute atomic E-state index is 12.3. The van der Waals surface area contributed by atoms with Gasteiger partial charge >= 0.3 is 12.1 Å². The van der Waals surface area contributed by atoms with Crippen LogP contribution in [-0.4, -0.2) is 52.1 Å². The Labute approximate surface area is 151 Å². The molecule has 1 aliphatic heterocycles. The molecule has 0 saturated carbocycles. The van der Waals surface area contributed by atoms with Crippen molar-refractivity contribution in [3.05, 3.63) is 35.4 Å². The van der Waals surface area contributed by atoms with Gasteiger partial charge in [-0.25, -0.2) is 9.59 Å². The lowest BCUT2D eigenvalue weighted by Crippen LogP contribution is -2.44. The molecule has 0 unspecified atom stereocenters. The maximum atomic E-state index is 12.3. The summed E-state index contributed by atoms with van der Waals surface area (Å²) >= 11 is 0. The number of hydrogen-bond donors (Lipinski definition) is 2. The molecule has 0 aromatic heterocycles. The van der Waals surface area contributed by atoms with Crippen LogP contribution in [0.1, 0.15) is 54.3 Å². The summed E-state index contributed by atoms with van der Waals surface area (Å²) in [7, 11) is 0. The molecular weight excluding hydrogens is 340 g/mol. The van der Waals surface area contributed by atoms with Crippen LogP contribution in [-0.2, 0) is 9.53 Å². The van der Waals surface area contributed by atoms with Crippen molar-refractivity contribution >= 4 is 23.9 Å². The van der Waals surface area contributed by atoms with E-state index in [4.69, 9.17) is 4.74 Å². The summed E-state index contributed by atoms with van der Waals surface area (Å²) < 4.78 is 5.04. The van der Waals surface area contributed by atoms with Gasteiger partial charge in [-0.1, -0.05) is 12.1 Å². The van der Waals surface area contributed by atoms with E-state index in [0.29, 0.717) is 11.1 Å². The minimum absolute atomic E-state index is 0.0575. The summed E-state index contributed by atoms with van der Waals surface area (Å²) in [5.74, 6) is -1.99. The minimum atomic E-state index is -1.21. The standard InChI is InChI=1S/C18H22N2O6/c1-18(2,3)26-17(25)19-13(16(23)24)9-6-10-20-14(21)11-7-4-5-8-12(11)15(20)22/h4-5,7-8,13H,6,9-10H2,1-3H3,(H,19,25)(H,23,24)/t13-/m0/s1. The number of carboxylic acids is 1. The number of nitrogens with one attached hydrogen (secondary N) is 1. The zero-order chi connectivity index (χ0) is 19.5. The molecule has 2 rings (SSSR count). The minimum Gasteiger partial charge on any atom is -0.480 e. The van der Waals surface area contributed by atoms with Crippen molar-refractivity contribution in [1.82, 2.24) is 10.2 Å². The van der Waals surface area contributed by atoms with Gasteiger partial charge in [-0.05, 0) is 45.7 Å². The van der Waals surface area contributed by atoms with Crippen LogP contribution in [0, 0.1) is 0 Å². The maximum Gasteiger partial charge on any atom is 0.408 e. The summed E-state index contributed by atoms with van der Waals surface area (Å²) in [6.07, 6.45) is -0.536. The van der Waals surface area contributed by atoms with Gasteiger partial charge in [0.1, 0.15) is 11.6 Å². The monoisotopic (exact) mass is 362 g/mol. The van der Waals surface area contributed by atoms with Crippen LogP contribution in [0.15, 0.2) is 24.3 Å². The van der Waals surface area contributed by atoms with Crippen LogP contribution in [0.25, 0.3) is 0 Å². The number of aliphatic carboxylic acids is 1. The lowest BCUT2D eigenvalue weighted by molar-refractivity contribution is -0.139. The Morgan fingerprint density at radius 2 is 1.69 bits per heavy atom. The first-order valence-electron chi connectivity index (χ1n) is 8.27. The van der Waals surface area contributed by atoms with Crippen LogP contribution in [0.3, 0.4) is 0 Å². The molecule has 8 heteroatoms. The fourth-order valence-electron chi connectivity index (χ4n) is 2.60. The smallest absolute Gasteiger partial charge is 0.408 e. The first kappa shape index (κ1) is 19.4. The van der Waals surface area contributed by atoms with Gasteiger partial charge in [0.25, 0.3) is 11.8 Å². The predicted octanol–water partition coefficient (Wildman–Crippen LogP) is 2.04. The predicted molar refractivity (Wildman–Crippen MR) is 91.8 cm³/mol. The van der Waals surface area contributed by atoms with E-state index in [1.54, 1.807) is 45.0 Å². The molecule has 8 nitrogen and oxygen atoms in total. The zero-order valence-corrected chi connectivity index (χ0v) is 14.9. The van der Waals surface area contributed by atoms with E-state index < -0.39 is 35.5 Å². The third-order valence-electron chi connectivity index (χ3n) is 3.74. The third kappa shape index (κ3) is 4.59. The van der Waals surface area contributed by atoms with Crippen LogP contribution in [0.2, 0.25) is 0 Å². The van der Waals surface area contributed by atoms with Crippen molar-refractivity contribution in [3.63, 3.8) is 0 Å². The Bertz CT molecular complexity index is 702. The molecule has 1 atom stereocenters. The number of carbonyl (C=O) groups excluding carboxylic acids is 3. The zero-order valence-electron chi connectivity index (χ0n) is 14.9. The lowest BCUT2D eigenvalue weighted by atomic mass is 10.1. The highest BCUT2D eigenvalue weighted by Crippen LogP contribution is 2.22. The molecule has 0 radical (unpaired) electrons. The van der Waals surface area contributed by atoms with Crippen molar-refractivity contribution in [1.29, 1.82) is 0 Å². The number of amides is 3. The molecule has 1 heterocycles. The Kier molecular flexibility index (Phi) is 5.64. The molecule has 140 valence electrons. The molecule has 0 spiro atoms. The van der Waals surface area contributed by atoms with Crippen LogP contribution >= 0.6 is 0 Å². The topological polar surface area (TPSA) is 113 Å². The van der Waals surface area contributed by atoms with E-state index in [0.717, 1.165) is 4.90 Å². The molecular formula is C18H22N2O6. The van der Waals surface area contributed by atoms with Gasteiger partial charge in [-0.2, -0.15) is 0 Å². The van der Waals surface area contributed by atoms with Crippen molar-refractivity contribution in [2.24, 2.45) is 0 Å². The molecule has 0 aliphatic carbocycles. The second-order valence-electron chi connectivity index (χ2n) is 6.99. The Hall–Kier alpha value is -2.90. The molecule has 0 saturated heterocycles. The van der Waals surface area contributed by atoms with E-state index in [2.05, 4.69) is 5.32 Å². The van der Waals surface area contributed by atoms with Crippen molar-refractivity contribution < 1.29 is 29.0 Å². The van der Waals surface area contributed by atoms with Gasteiger partial charge in [-0.15, -0.1) is 0 Å². The highest BCUT2D eigenvalue weighted by atomic mass is 16.6. The number of carboxylic acid groups (broad SMARTS) is 1. The second-order valence-corrected chi connectivity index (χ2v) is 6.99. The first-order valence-corrected chi connectivity index (χ1v) is 8.27. The SMILES string of the molecule is CC(C)(C)OC(=O)N[C@@H](CCCN1C(=O)c2ccccc2C1=O)C(=O)O. The van der Waals surface area contributed by atoms with Gasteiger partial charge in [-0.3, -0.25) is 14.5 Å². The van der Waals surface area contributed by atoms with Gasteiger partial charge in [0.05, 0.1) is 11.1 Å². The quantitative estimate of drug-likeness (QED) is 0.749. The van der Waals surface area contributed by atoms with E-state index in [1.807, 2.05) is 0 Å². The van der Waals surface area contributed by atoms with Gasteiger partial charge in [0.2, 0.25) is 0 Å². The number of fused-ring (bicyclic) bond motifs is 1. The Morgan fingerprint density at radius 1 is 1.15 bits per heavy atom. The Balaban J connectivity index is 1.91. The molecule has 3 amide bonds. The molecule has 1 aromatic rings. The van der Waals surface area contributed by atoms with Gasteiger partial charge in [0, 0.05) is 6.54 Å². The largest absolute Gasteiger partial charge is 0.480 e.